The lowest BCUT2D eigenvalue weighted by molar-refractivity contribution is -0.143. The van der Waals surface area contributed by atoms with Gasteiger partial charge in [0.2, 0.25) is 0 Å². The maximum absolute atomic E-state index is 12.1. The molecule has 5 nitrogen and oxygen atoms in total. The average Bonchev–Trinajstić information content (AvgIpc) is 2.38. The van der Waals surface area contributed by atoms with Crippen molar-refractivity contribution < 1.29 is 14.3 Å². The van der Waals surface area contributed by atoms with Gasteiger partial charge in [-0.3, -0.25) is 4.79 Å². The van der Waals surface area contributed by atoms with Crippen molar-refractivity contribution in [2.45, 2.75) is 20.3 Å². The van der Waals surface area contributed by atoms with E-state index in [9.17, 15) is 9.59 Å². The summed E-state index contributed by atoms with van der Waals surface area (Å²) in [4.78, 5) is 25.0. The number of rotatable bonds is 6. The van der Waals surface area contributed by atoms with Crippen molar-refractivity contribution in [2.24, 2.45) is 0 Å². The molecule has 0 unspecified atom stereocenters. The summed E-state index contributed by atoms with van der Waals surface area (Å²) in [7, 11) is 0. The maximum Gasteiger partial charge on any atom is 0.325 e. The summed E-state index contributed by atoms with van der Waals surface area (Å²) in [6, 6.07) is 6.50. The van der Waals surface area contributed by atoms with E-state index in [0.717, 1.165) is 6.42 Å². The Labute approximate surface area is 123 Å². The Balaban J connectivity index is 2.66. The van der Waals surface area contributed by atoms with Gasteiger partial charge in [-0.2, -0.15) is 0 Å². The lowest BCUT2D eigenvalue weighted by atomic mass is 10.3. The second-order valence-corrected chi connectivity index (χ2v) is 4.60. The fourth-order valence-corrected chi connectivity index (χ4v) is 1.84. The SMILES string of the molecule is CCCN(CC(=O)OCC)C(=O)Nc1cccc(Cl)c1. The van der Waals surface area contributed by atoms with Crippen molar-refractivity contribution in [1.29, 1.82) is 0 Å². The largest absolute Gasteiger partial charge is 0.465 e. The van der Waals surface area contributed by atoms with Crippen molar-refractivity contribution in [3.8, 4) is 0 Å². The second-order valence-electron chi connectivity index (χ2n) is 4.17. The molecule has 0 aromatic heterocycles. The van der Waals surface area contributed by atoms with Crippen LogP contribution in [0.3, 0.4) is 0 Å². The monoisotopic (exact) mass is 298 g/mol. The van der Waals surface area contributed by atoms with Crippen molar-refractivity contribution in [3.05, 3.63) is 29.3 Å². The molecule has 0 aliphatic rings. The third-order valence-corrected chi connectivity index (χ3v) is 2.72. The molecule has 0 bridgehead atoms. The van der Waals surface area contributed by atoms with Crippen molar-refractivity contribution in [2.75, 3.05) is 25.0 Å². The van der Waals surface area contributed by atoms with E-state index in [4.69, 9.17) is 16.3 Å². The first-order chi connectivity index (χ1) is 9.56. The van der Waals surface area contributed by atoms with E-state index in [1.807, 2.05) is 6.92 Å². The van der Waals surface area contributed by atoms with Gasteiger partial charge in [0, 0.05) is 17.3 Å². The zero-order valence-electron chi connectivity index (χ0n) is 11.7. The third-order valence-electron chi connectivity index (χ3n) is 2.48. The van der Waals surface area contributed by atoms with Gasteiger partial charge in [0.1, 0.15) is 6.54 Å². The summed E-state index contributed by atoms with van der Waals surface area (Å²) in [6.45, 7) is 4.38. The lowest BCUT2D eigenvalue weighted by Crippen LogP contribution is -2.39. The molecule has 0 saturated heterocycles. The van der Waals surface area contributed by atoms with Crippen LogP contribution in [0.25, 0.3) is 0 Å². The number of hydrogen-bond acceptors (Lipinski definition) is 3. The minimum atomic E-state index is -0.415. The van der Waals surface area contributed by atoms with E-state index in [1.54, 1.807) is 31.2 Å². The van der Waals surface area contributed by atoms with E-state index >= 15 is 0 Å². The number of ether oxygens (including phenoxy) is 1. The maximum atomic E-state index is 12.1. The summed E-state index contributed by atoms with van der Waals surface area (Å²) >= 11 is 5.86. The number of halogens is 1. The van der Waals surface area contributed by atoms with Gasteiger partial charge in [0.25, 0.3) is 0 Å². The topological polar surface area (TPSA) is 58.6 Å². The van der Waals surface area contributed by atoms with Crippen LogP contribution in [0.4, 0.5) is 10.5 Å². The van der Waals surface area contributed by atoms with E-state index < -0.39 is 5.97 Å². The molecule has 1 N–H and O–H groups in total. The highest BCUT2D eigenvalue weighted by Gasteiger charge is 2.17. The molecule has 1 aromatic carbocycles. The van der Waals surface area contributed by atoms with Gasteiger partial charge in [0.15, 0.2) is 0 Å². The van der Waals surface area contributed by atoms with Crippen LogP contribution in [-0.4, -0.2) is 36.6 Å². The molecule has 1 rings (SSSR count). The lowest BCUT2D eigenvalue weighted by Gasteiger charge is -2.21. The molecule has 0 saturated carbocycles. The van der Waals surface area contributed by atoms with Crippen molar-refractivity contribution >= 4 is 29.3 Å². The summed E-state index contributed by atoms with van der Waals surface area (Å²) in [5.74, 6) is -0.415. The Bertz CT molecular complexity index is 465. The molecule has 0 heterocycles. The second kappa shape index (κ2) is 8.43. The zero-order valence-corrected chi connectivity index (χ0v) is 12.4. The first-order valence-electron chi connectivity index (χ1n) is 6.54. The van der Waals surface area contributed by atoms with Crippen LogP contribution in [0.5, 0.6) is 0 Å². The van der Waals surface area contributed by atoms with E-state index in [0.29, 0.717) is 23.9 Å². The highest BCUT2D eigenvalue weighted by atomic mass is 35.5. The Morgan fingerprint density at radius 1 is 1.35 bits per heavy atom. The van der Waals surface area contributed by atoms with E-state index in [2.05, 4.69) is 5.32 Å². The number of nitrogens with zero attached hydrogens (tertiary/aromatic N) is 1. The highest BCUT2D eigenvalue weighted by Crippen LogP contribution is 2.15. The van der Waals surface area contributed by atoms with Crippen LogP contribution < -0.4 is 5.32 Å². The molecular weight excluding hydrogens is 280 g/mol. The zero-order chi connectivity index (χ0) is 15.0. The first-order valence-corrected chi connectivity index (χ1v) is 6.91. The fourth-order valence-electron chi connectivity index (χ4n) is 1.65. The van der Waals surface area contributed by atoms with Gasteiger partial charge in [-0.15, -0.1) is 0 Å². The van der Waals surface area contributed by atoms with Crippen LogP contribution in [0, 0.1) is 0 Å². The van der Waals surface area contributed by atoms with Gasteiger partial charge in [-0.25, -0.2) is 4.79 Å². The standard InChI is InChI=1S/C14H19ClN2O3/c1-3-8-17(10-13(18)20-4-2)14(19)16-12-7-5-6-11(15)9-12/h5-7,9H,3-4,8,10H2,1-2H3,(H,16,19). The molecule has 0 fully saturated rings. The number of urea groups is 1. The molecule has 20 heavy (non-hydrogen) atoms. The van der Waals surface area contributed by atoms with Crippen molar-refractivity contribution in [3.63, 3.8) is 0 Å². The normalized spacial score (nSPS) is 9.95. The van der Waals surface area contributed by atoms with Gasteiger partial charge < -0.3 is 15.0 Å². The molecule has 0 spiro atoms. The van der Waals surface area contributed by atoms with E-state index in [1.165, 1.54) is 4.90 Å². The highest BCUT2D eigenvalue weighted by molar-refractivity contribution is 6.30. The average molecular weight is 299 g/mol. The van der Waals surface area contributed by atoms with Crippen molar-refractivity contribution in [1.82, 2.24) is 4.90 Å². The first kappa shape index (κ1) is 16.3. The molecule has 0 radical (unpaired) electrons. The molecule has 0 aliphatic heterocycles. The third kappa shape index (κ3) is 5.48. The van der Waals surface area contributed by atoms with E-state index in [-0.39, 0.29) is 12.6 Å². The van der Waals surface area contributed by atoms with Gasteiger partial charge in [0.05, 0.1) is 6.61 Å². The van der Waals surface area contributed by atoms with Crippen LogP contribution in [0.1, 0.15) is 20.3 Å². The Hall–Kier alpha value is -1.75. The van der Waals surface area contributed by atoms with Gasteiger partial charge in [-0.05, 0) is 31.5 Å². The molecule has 0 atom stereocenters. The Kier molecular flexibility index (Phi) is 6.87. The Morgan fingerprint density at radius 2 is 2.10 bits per heavy atom. The number of amides is 2. The molecule has 110 valence electrons. The summed E-state index contributed by atoms with van der Waals surface area (Å²) in [5, 5.41) is 3.25. The predicted molar refractivity (Wildman–Crippen MR) is 79.0 cm³/mol. The van der Waals surface area contributed by atoms with Gasteiger partial charge in [-0.1, -0.05) is 24.6 Å². The number of carbonyl (C=O) groups excluding carboxylic acids is 2. The number of benzene rings is 1. The summed E-state index contributed by atoms with van der Waals surface area (Å²) in [6.07, 6.45) is 0.752. The molecule has 2 amide bonds. The summed E-state index contributed by atoms with van der Waals surface area (Å²) < 4.78 is 4.86. The quantitative estimate of drug-likeness (QED) is 0.821. The molecule has 6 heteroatoms. The molecular formula is C14H19ClN2O3. The number of esters is 1. The molecule has 1 aromatic rings. The number of hydrogen-bond donors (Lipinski definition) is 1. The van der Waals surface area contributed by atoms with Gasteiger partial charge >= 0.3 is 12.0 Å². The van der Waals surface area contributed by atoms with Crippen LogP contribution in [-0.2, 0) is 9.53 Å². The minimum Gasteiger partial charge on any atom is -0.465 e. The Morgan fingerprint density at radius 3 is 2.70 bits per heavy atom. The predicted octanol–water partition coefficient (Wildman–Crippen LogP) is 3.15. The fraction of sp³-hybridized carbons (Fsp3) is 0.429. The van der Waals surface area contributed by atoms with Crippen LogP contribution >= 0.6 is 11.6 Å². The summed E-state index contributed by atoms with van der Waals surface area (Å²) in [5.41, 5.74) is 0.590. The van der Waals surface area contributed by atoms with Crippen LogP contribution in [0.15, 0.2) is 24.3 Å². The minimum absolute atomic E-state index is 0.0614. The van der Waals surface area contributed by atoms with Crippen LogP contribution in [0.2, 0.25) is 5.02 Å². The number of nitrogens with one attached hydrogen (secondary N) is 1. The number of anilines is 1. The molecule has 0 aliphatic carbocycles. The smallest absolute Gasteiger partial charge is 0.325 e. The number of carbonyl (C=O) groups is 2.